The van der Waals surface area contributed by atoms with Crippen LogP contribution in [-0.2, 0) is 0 Å². The Morgan fingerprint density at radius 2 is 2.15 bits per heavy atom. The summed E-state index contributed by atoms with van der Waals surface area (Å²) in [5, 5.41) is 17.4. The van der Waals surface area contributed by atoms with E-state index in [4.69, 9.17) is 0 Å². The Morgan fingerprint density at radius 3 is 2.85 bits per heavy atom. The number of benzene rings is 1. The Hall–Kier alpha value is -1.51. The number of aromatic amines is 1. The minimum atomic E-state index is 0.324. The van der Waals surface area contributed by atoms with Crippen LogP contribution in [0.25, 0.3) is 10.9 Å². The SMILES string of the molecule is CC(C)c1ccc2cn[nH]c2c1O. The minimum absolute atomic E-state index is 0.324. The Kier molecular flexibility index (Phi) is 1.72. The highest BCUT2D eigenvalue weighted by Gasteiger charge is 2.09. The molecule has 0 fully saturated rings. The first-order valence-electron chi connectivity index (χ1n) is 4.35. The van der Waals surface area contributed by atoms with Gasteiger partial charge in [-0.25, -0.2) is 0 Å². The molecule has 1 heterocycles. The number of hydrogen-bond donors (Lipinski definition) is 2. The molecule has 0 unspecified atom stereocenters. The molecule has 3 nitrogen and oxygen atoms in total. The van der Waals surface area contributed by atoms with Crippen LogP contribution in [-0.4, -0.2) is 15.3 Å². The lowest BCUT2D eigenvalue weighted by molar-refractivity contribution is 0.470. The van der Waals surface area contributed by atoms with Crippen LogP contribution in [0.1, 0.15) is 25.3 Å². The van der Waals surface area contributed by atoms with Crippen molar-refractivity contribution >= 4 is 10.9 Å². The van der Waals surface area contributed by atoms with E-state index in [1.807, 2.05) is 12.1 Å². The standard InChI is InChI=1S/C10H12N2O/c1-6(2)8-4-3-7-5-11-12-9(7)10(8)13/h3-6,13H,1-2H3,(H,11,12). The fraction of sp³-hybridized carbons (Fsp3) is 0.300. The number of phenols is 1. The Morgan fingerprint density at radius 1 is 1.38 bits per heavy atom. The van der Waals surface area contributed by atoms with E-state index in [0.717, 1.165) is 16.5 Å². The number of aromatic hydroxyl groups is 1. The van der Waals surface area contributed by atoms with E-state index in [2.05, 4.69) is 24.0 Å². The molecule has 0 saturated carbocycles. The van der Waals surface area contributed by atoms with Crippen molar-refractivity contribution in [3.8, 4) is 5.75 Å². The molecule has 0 spiro atoms. The van der Waals surface area contributed by atoms with Gasteiger partial charge in [0.25, 0.3) is 0 Å². The van der Waals surface area contributed by atoms with Crippen molar-refractivity contribution in [2.24, 2.45) is 0 Å². The molecular formula is C10H12N2O. The molecule has 2 N–H and O–H groups in total. The van der Waals surface area contributed by atoms with Crippen LogP contribution in [0.5, 0.6) is 5.75 Å². The molecule has 0 amide bonds. The van der Waals surface area contributed by atoms with E-state index in [0.29, 0.717) is 11.7 Å². The van der Waals surface area contributed by atoms with Gasteiger partial charge in [-0.15, -0.1) is 0 Å². The van der Waals surface area contributed by atoms with Crippen LogP contribution in [0.4, 0.5) is 0 Å². The Balaban J connectivity index is 2.73. The number of aromatic nitrogens is 2. The van der Waals surface area contributed by atoms with Crippen LogP contribution in [0.15, 0.2) is 18.3 Å². The summed E-state index contributed by atoms with van der Waals surface area (Å²) in [6.07, 6.45) is 1.71. The summed E-state index contributed by atoms with van der Waals surface area (Å²) in [6, 6.07) is 3.91. The van der Waals surface area contributed by atoms with Crippen molar-refractivity contribution in [3.05, 3.63) is 23.9 Å². The van der Waals surface area contributed by atoms with Gasteiger partial charge in [-0.05, 0) is 11.5 Å². The molecule has 3 heteroatoms. The van der Waals surface area contributed by atoms with Crippen LogP contribution in [0, 0.1) is 0 Å². The lowest BCUT2D eigenvalue weighted by Gasteiger charge is -2.07. The third kappa shape index (κ3) is 1.16. The highest BCUT2D eigenvalue weighted by Crippen LogP contribution is 2.31. The van der Waals surface area contributed by atoms with Crippen LogP contribution in [0.3, 0.4) is 0 Å². The fourth-order valence-electron chi connectivity index (χ4n) is 1.48. The second kappa shape index (κ2) is 2.76. The van der Waals surface area contributed by atoms with Crippen LogP contribution in [0.2, 0.25) is 0 Å². The first-order valence-corrected chi connectivity index (χ1v) is 4.35. The second-order valence-electron chi connectivity index (χ2n) is 3.49. The average Bonchev–Trinajstić information content (AvgIpc) is 2.52. The third-order valence-electron chi connectivity index (χ3n) is 2.24. The molecule has 1 aromatic carbocycles. The van der Waals surface area contributed by atoms with E-state index in [1.165, 1.54) is 0 Å². The van der Waals surface area contributed by atoms with Crippen molar-refractivity contribution in [3.63, 3.8) is 0 Å². The summed E-state index contributed by atoms with van der Waals surface area (Å²) < 4.78 is 0. The Labute approximate surface area is 76.4 Å². The van der Waals surface area contributed by atoms with Crippen molar-refractivity contribution in [2.75, 3.05) is 0 Å². The summed E-state index contributed by atoms with van der Waals surface area (Å²) in [5.41, 5.74) is 1.68. The zero-order valence-electron chi connectivity index (χ0n) is 7.70. The highest BCUT2D eigenvalue weighted by atomic mass is 16.3. The van der Waals surface area contributed by atoms with Crippen LogP contribution < -0.4 is 0 Å². The molecule has 0 aliphatic carbocycles. The highest BCUT2D eigenvalue weighted by molar-refractivity contribution is 5.85. The molecule has 2 aromatic rings. The summed E-state index contributed by atoms with van der Waals surface area (Å²) in [7, 11) is 0. The molecule has 0 radical (unpaired) electrons. The number of fused-ring (bicyclic) bond motifs is 1. The summed E-state index contributed by atoms with van der Waals surface area (Å²) in [4.78, 5) is 0. The topological polar surface area (TPSA) is 48.9 Å². The first kappa shape index (κ1) is 8.10. The summed E-state index contributed by atoms with van der Waals surface area (Å²) >= 11 is 0. The molecule has 0 aliphatic heterocycles. The van der Waals surface area contributed by atoms with E-state index in [1.54, 1.807) is 6.20 Å². The van der Waals surface area contributed by atoms with Gasteiger partial charge in [0, 0.05) is 5.39 Å². The number of hydrogen-bond acceptors (Lipinski definition) is 2. The number of nitrogens with zero attached hydrogens (tertiary/aromatic N) is 1. The molecule has 13 heavy (non-hydrogen) atoms. The molecular weight excluding hydrogens is 164 g/mol. The lowest BCUT2D eigenvalue weighted by atomic mass is 10.0. The van der Waals surface area contributed by atoms with Gasteiger partial charge in [0.05, 0.1) is 6.20 Å². The zero-order chi connectivity index (χ0) is 9.42. The van der Waals surface area contributed by atoms with Gasteiger partial charge < -0.3 is 5.11 Å². The second-order valence-corrected chi connectivity index (χ2v) is 3.49. The smallest absolute Gasteiger partial charge is 0.144 e. The van der Waals surface area contributed by atoms with Crippen LogP contribution >= 0.6 is 0 Å². The molecule has 68 valence electrons. The minimum Gasteiger partial charge on any atom is -0.505 e. The third-order valence-corrected chi connectivity index (χ3v) is 2.24. The monoisotopic (exact) mass is 176 g/mol. The van der Waals surface area contributed by atoms with Gasteiger partial charge in [-0.2, -0.15) is 5.10 Å². The molecule has 0 bridgehead atoms. The van der Waals surface area contributed by atoms with Gasteiger partial charge in [0.1, 0.15) is 11.3 Å². The van der Waals surface area contributed by atoms with Gasteiger partial charge in [0.15, 0.2) is 0 Å². The van der Waals surface area contributed by atoms with E-state index >= 15 is 0 Å². The predicted molar refractivity (Wildman–Crippen MR) is 51.8 cm³/mol. The maximum atomic E-state index is 9.84. The average molecular weight is 176 g/mol. The van der Waals surface area contributed by atoms with Crippen molar-refractivity contribution in [1.82, 2.24) is 10.2 Å². The van der Waals surface area contributed by atoms with E-state index in [-0.39, 0.29) is 0 Å². The normalized spacial score (nSPS) is 11.3. The van der Waals surface area contributed by atoms with Crippen molar-refractivity contribution in [2.45, 2.75) is 19.8 Å². The molecule has 1 aromatic heterocycles. The zero-order valence-corrected chi connectivity index (χ0v) is 7.70. The largest absolute Gasteiger partial charge is 0.505 e. The number of phenolic OH excluding ortho intramolecular Hbond substituents is 1. The molecule has 0 aliphatic rings. The van der Waals surface area contributed by atoms with Gasteiger partial charge in [0.2, 0.25) is 0 Å². The van der Waals surface area contributed by atoms with Crippen molar-refractivity contribution < 1.29 is 5.11 Å². The predicted octanol–water partition coefficient (Wildman–Crippen LogP) is 2.39. The van der Waals surface area contributed by atoms with E-state index in [9.17, 15) is 5.11 Å². The maximum Gasteiger partial charge on any atom is 0.144 e. The van der Waals surface area contributed by atoms with E-state index < -0.39 is 0 Å². The van der Waals surface area contributed by atoms with Gasteiger partial charge >= 0.3 is 0 Å². The molecule has 0 atom stereocenters. The maximum absolute atomic E-state index is 9.84. The summed E-state index contributed by atoms with van der Waals surface area (Å²) in [5.74, 6) is 0.651. The number of nitrogens with one attached hydrogen (secondary N) is 1. The van der Waals surface area contributed by atoms with Crippen molar-refractivity contribution in [1.29, 1.82) is 0 Å². The van der Waals surface area contributed by atoms with Gasteiger partial charge in [-0.3, -0.25) is 5.10 Å². The Bertz CT molecular complexity index is 431. The van der Waals surface area contributed by atoms with Gasteiger partial charge in [-0.1, -0.05) is 26.0 Å². The number of rotatable bonds is 1. The fourth-order valence-corrected chi connectivity index (χ4v) is 1.48. The number of H-pyrrole nitrogens is 1. The molecule has 0 saturated heterocycles. The first-order chi connectivity index (χ1) is 6.20. The molecule has 2 rings (SSSR count). The quantitative estimate of drug-likeness (QED) is 0.700. The lowest BCUT2D eigenvalue weighted by Crippen LogP contribution is -1.88. The summed E-state index contributed by atoms with van der Waals surface area (Å²) in [6.45, 7) is 4.11.